The van der Waals surface area contributed by atoms with Crippen LogP contribution in [0.3, 0.4) is 0 Å². The molecule has 6 heteroatoms. The van der Waals surface area contributed by atoms with Crippen LogP contribution >= 0.6 is 0 Å². The lowest BCUT2D eigenvalue weighted by Crippen LogP contribution is -2.35. The Morgan fingerprint density at radius 2 is 1.81 bits per heavy atom. The Bertz CT molecular complexity index is 445. The van der Waals surface area contributed by atoms with E-state index in [0.29, 0.717) is 12.6 Å². The molecule has 1 fully saturated rings. The largest absolute Gasteiger partial charge is 0.573 e. The lowest BCUT2D eigenvalue weighted by molar-refractivity contribution is -0.275. The minimum absolute atomic E-state index is 0.107. The van der Waals surface area contributed by atoms with Gasteiger partial charge in [-0.1, -0.05) is 25.0 Å². The van der Waals surface area contributed by atoms with Crippen molar-refractivity contribution in [2.75, 3.05) is 6.54 Å². The highest BCUT2D eigenvalue weighted by Crippen LogP contribution is 2.32. The van der Waals surface area contributed by atoms with Gasteiger partial charge in [0.15, 0.2) is 11.5 Å². The van der Waals surface area contributed by atoms with E-state index in [-0.39, 0.29) is 17.6 Å². The van der Waals surface area contributed by atoms with Crippen LogP contribution in [-0.2, 0) is 0 Å². The molecule has 1 aliphatic rings. The predicted octanol–water partition coefficient (Wildman–Crippen LogP) is 3.88. The topological polar surface area (TPSA) is 30.5 Å². The maximum Gasteiger partial charge on any atom is 0.573 e. The Balaban J connectivity index is 1.88. The predicted molar refractivity (Wildman–Crippen MR) is 73.5 cm³/mol. The molecular formula is C15H20F3NO2. The molecule has 1 aromatic carbocycles. The summed E-state index contributed by atoms with van der Waals surface area (Å²) < 4.78 is 46.5. The number of nitrogens with one attached hydrogen (secondary N) is 1. The Labute approximate surface area is 122 Å². The normalized spacial score (nSPS) is 17.7. The zero-order valence-corrected chi connectivity index (χ0v) is 12.0. The molecule has 1 aliphatic carbocycles. The van der Waals surface area contributed by atoms with Crippen molar-refractivity contribution in [2.24, 2.45) is 0 Å². The molecule has 1 saturated carbocycles. The first-order valence-electron chi connectivity index (χ1n) is 7.19. The first-order chi connectivity index (χ1) is 9.94. The first-order valence-corrected chi connectivity index (χ1v) is 7.19. The van der Waals surface area contributed by atoms with Crippen LogP contribution in [0, 0.1) is 0 Å². The van der Waals surface area contributed by atoms with E-state index in [1.165, 1.54) is 31.0 Å². The van der Waals surface area contributed by atoms with Gasteiger partial charge in [0, 0.05) is 12.6 Å². The van der Waals surface area contributed by atoms with E-state index in [4.69, 9.17) is 4.74 Å². The molecule has 1 N–H and O–H groups in total. The quantitative estimate of drug-likeness (QED) is 0.865. The summed E-state index contributed by atoms with van der Waals surface area (Å²) in [6, 6.07) is 6.33. The van der Waals surface area contributed by atoms with E-state index in [2.05, 4.69) is 10.1 Å². The molecule has 0 spiro atoms. The average molecular weight is 303 g/mol. The van der Waals surface area contributed by atoms with Gasteiger partial charge >= 0.3 is 6.36 Å². The van der Waals surface area contributed by atoms with Crippen molar-refractivity contribution in [1.29, 1.82) is 0 Å². The van der Waals surface area contributed by atoms with E-state index in [1.807, 2.05) is 6.92 Å². The highest BCUT2D eigenvalue weighted by molar-refractivity contribution is 5.39. The second-order valence-electron chi connectivity index (χ2n) is 5.31. The first kappa shape index (κ1) is 15.9. The Morgan fingerprint density at radius 3 is 2.43 bits per heavy atom. The summed E-state index contributed by atoms with van der Waals surface area (Å²) in [5.74, 6) is -0.201. The lowest BCUT2D eigenvalue weighted by atomic mass is 10.2. The fourth-order valence-corrected chi connectivity index (χ4v) is 2.48. The summed E-state index contributed by atoms with van der Waals surface area (Å²) in [5.41, 5.74) is 0. The Hall–Kier alpha value is -1.43. The van der Waals surface area contributed by atoms with Crippen LogP contribution in [0.2, 0.25) is 0 Å². The number of rotatable bonds is 6. The van der Waals surface area contributed by atoms with Crippen LogP contribution in [0.25, 0.3) is 0 Å². The molecule has 0 amide bonds. The summed E-state index contributed by atoms with van der Waals surface area (Å²) >= 11 is 0. The standard InChI is InChI=1S/C15H20F3NO2/c1-11(10-19-12-6-2-3-7-12)20-13-8-4-5-9-14(13)21-15(16,17)18/h4-5,8-9,11-12,19H,2-3,6-7,10H2,1H3. The van der Waals surface area contributed by atoms with Crippen molar-refractivity contribution in [3.05, 3.63) is 24.3 Å². The number of ether oxygens (including phenoxy) is 2. The van der Waals surface area contributed by atoms with Crippen molar-refractivity contribution in [2.45, 2.75) is 51.1 Å². The second-order valence-corrected chi connectivity index (χ2v) is 5.31. The second kappa shape index (κ2) is 7.02. The van der Waals surface area contributed by atoms with Crippen LogP contribution < -0.4 is 14.8 Å². The molecule has 1 aromatic rings. The molecule has 1 atom stereocenters. The summed E-state index contributed by atoms with van der Waals surface area (Å²) in [7, 11) is 0. The maximum atomic E-state index is 12.3. The van der Waals surface area contributed by atoms with Crippen molar-refractivity contribution in [1.82, 2.24) is 5.32 Å². The molecule has 0 radical (unpaired) electrons. The van der Waals surface area contributed by atoms with Crippen LogP contribution in [-0.4, -0.2) is 25.1 Å². The van der Waals surface area contributed by atoms with Gasteiger partial charge in [-0.2, -0.15) is 0 Å². The number of alkyl halides is 3. The molecule has 2 rings (SSSR count). The number of benzene rings is 1. The summed E-state index contributed by atoms with van der Waals surface area (Å²) in [4.78, 5) is 0. The van der Waals surface area contributed by atoms with E-state index >= 15 is 0 Å². The van der Waals surface area contributed by atoms with E-state index in [1.54, 1.807) is 6.07 Å². The van der Waals surface area contributed by atoms with Gasteiger partial charge in [0.05, 0.1) is 0 Å². The van der Waals surface area contributed by atoms with Gasteiger partial charge < -0.3 is 14.8 Å². The molecule has 0 aliphatic heterocycles. The van der Waals surface area contributed by atoms with Gasteiger partial charge in [0.1, 0.15) is 6.10 Å². The smallest absolute Gasteiger partial charge is 0.485 e. The summed E-state index contributed by atoms with van der Waals surface area (Å²) in [6.07, 6.45) is -0.181. The van der Waals surface area contributed by atoms with Crippen molar-refractivity contribution in [3.63, 3.8) is 0 Å². The zero-order chi connectivity index (χ0) is 15.3. The third kappa shape index (κ3) is 5.46. The van der Waals surface area contributed by atoms with Crippen molar-refractivity contribution >= 4 is 0 Å². The number of halogens is 3. The van der Waals surface area contributed by atoms with Gasteiger partial charge in [-0.15, -0.1) is 13.2 Å². The summed E-state index contributed by atoms with van der Waals surface area (Å²) in [6.45, 7) is 2.43. The zero-order valence-electron chi connectivity index (χ0n) is 12.0. The third-order valence-corrected chi connectivity index (χ3v) is 3.45. The highest BCUT2D eigenvalue weighted by Gasteiger charge is 2.32. The van der Waals surface area contributed by atoms with Crippen molar-refractivity contribution < 1.29 is 22.6 Å². The summed E-state index contributed by atoms with van der Waals surface area (Å²) in [5, 5.41) is 3.38. The maximum absolute atomic E-state index is 12.3. The van der Waals surface area contributed by atoms with Crippen LogP contribution in [0.1, 0.15) is 32.6 Å². The van der Waals surface area contributed by atoms with Crippen LogP contribution in [0.4, 0.5) is 13.2 Å². The molecule has 118 valence electrons. The third-order valence-electron chi connectivity index (χ3n) is 3.45. The lowest BCUT2D eigenvalue weighted by Gasteiger charge is -2.20. The number of para-hydroxylation sites is 2. The molecule has 0 bridgehead atoms. The number of hydrogen-bond donors (Lipinski definition) is 1. The van der Waals surface area contributed by atoms with Crippen LogP contribution in [0.5, 0.6) is 11.5 Å². The molecule has 3 nitrogen and oxygen atoms in total. The van der Waals surface area contributed by atoms with Gasteiger partial charge in [0.2, 0.25) is 0 Å². The van der Waals surface area contributed by atoms with E-state index in [9.17, 15) is 13.2 Å². The molecule has 0 saturated heterocycles. The fourth-order valence-electron chi connectivity index (χ4n) is 2.48. The molecule has 1 unspecified atom stereocenters. The van der Waals surface area contributed by atoms with E-state index in [0.717, 1.165) is 12.8 Å². The van der Waals surface area contributed by atoms with E-state index < -0.39 is 6.36 Å². The molecule has 0 heterocycles. The van der Waals surface area contributed by atoms with Crippen LogP contribution in [0.15, 0.2) is 24.3 Å². The molecular weight excluding hydrogens is 283 g/mol. The van der Waals surface area contributed by atoms with Gasteiger partial charge in [0.25, 0.3) is 0 Å². The van der Waals surface area contributed by atoms with Crippen molar-refractivity contribution in [3.8, 4) is 11.5 Å². The highest BCUT2D eigenvalue weighted by atomic mass is 19.4. The Morgan fingerprint density at radius 1 is 1.19 bits per heavy atom. The monoisotopic (exact) mass is 303 g/mol. The molecule has 0 aromatic heterocycles. The van der Waals surface area contributed by atoms with Gasteiger partial charge in [-0.25, -0.2) is 0 Å². The molecule has 21 heavy (non-hydrogen) atoms. The number of hydrogen-bond acceptors (Lipinski definition) is 3. The van der Waals surface area contributed by atoms with Gasteiger partial charge in [-0.3, -0.25) is 0 Å². The average Bonchev–Trinajstić information content (AvgIpc) is 2.90. The SMILES string of the molecule is CC(CNC1CCCC1)Oc1ccccc1OC(F)(F)F. The fraction of sp³-hybridized carbons (Fsp3) is 0.600. The van der Waals surface area contributed by atoms with Gasteiger partial charge in [-0.05, 0) is 31.9 Å². The minimum Gasteiger partial charge on any atom is -0.485 e. The minimum atomic E-state index is -4.72. The Kier molecular flexibility index (Phi) is 5.33.